The number of aromatic nitrogens is 4. The Labute approximate surface area is 315 Å². The van der Waals surface area contributed by atoms with Crippen LogP contribution in [0.25, 0.3) is 33.6 Å². The van der Waals surface area contributed by atoms with Gasteiger partial charge in [0.05, 0.1) is 36.3 Å². The van der Waals surface area contributed by atoms with Crippen molar-refractivity contribution in [1.82, 2.24) is 40.0 Å². The average molecular weight is 739 g/mol. The van der Waals surface area contributed by atoms with Crippen LogP contribution < -0.4 is 5.32 Å². The molecule has 14 nitrogen and oxygen atoms in total. The maximum Gasteiger partial charge on any atom is 0.407 e. The summed E-state index contributed by atoms with van der Waals surface area (Å²) < 4.78 is 5.08. The van der Waals surface area contributed by atoms with Crippen LogP contribution >= 0.6 is 0 Å². The molecule has 0 unspecified atom stereocenters. The zero-order valence-corrected chi connectivity index (χ0v) is 31.4. The van der Waals surface area contributed by atoms with Gasteiger partial charge in [-0.3, -0.25) is 14.5 Å². The number of carbonyl (C=O) groups is 4. The van der Waals surface area contributed by atoms with Crippen LogP contribution in [0.1, 0.15) is 90.0 Å². The number of alkyl carbamates (subject to hydrolysis) is 1. The van der Waals surface area contributed by atoms with Gasteiger partial charge in [0.15, 0.2) is 0 Å². The Balaban J connectivity index is 1.08. The molecule has 0 spiro atoms. The minimum Gasteiger partial charge on any atom is -0.465 e. The summed E-state index contributed by atoms with van der Waals surface area (Å²) >= 11 is 0. The molecule has 14 heteroatoms. The first-order valence-corrected chi connectivity index (χ1v) is 18.9. The van der Waals surface area contributed by atoms with Crippen molar-refractivity contribution in [2.75, 3.05) is 26.2 Å². The van der Waals surface area contributed by atoms with Crippen molar-refractivity contribution in [3.8, 4) is 33.6 Å². The third-order valence-electron chi connectivity index (χ3n) is 10.3. The monoisotopic (exact) mass is 738 g/mol. The molecule has 6 rings (SSSR count). The fraction of sp³-hybridized carbons (Fsp3) is 0.450. The fourth-order valence-electron chi connectivity index (χ4n) is 7.41. The van der Waals surface area contributed by atoms with Crippen molar-refractivity contribution >= 4 is 24.0 Å². The molecule has 4 amide bonds. The molecule has 2 saturated heterocycles. The lowest BCUT2D eigenvalue weighted by Gasteiger charge is -2.31. The van der Waals surface area contributed by atoms with E-state index in [0.29, 0.717) is 44.9 Å². The summed E-state index contributed by atoms with van der Waals surface area (Å²) in [6.07, 6.45) is 6.53. The average Bonchev–Trinajstić information content (AvgIpc) is 4.02. The standard InChI is InChI=1S/C40H50N8O6/c1-5-19-46(40(52)53)26(4)38(50)48-21-8-10-34(48)36-42-24-32(45-36)30-17-13-28(14-18-30)27-11-15-29(16-12-27)31-23-41-35(44-31)33-9-7-20-47(33)37(49)25(3)43-39(51)54-22-6-2/h11-18,23-26,33-34H,5-10,19-22H2,1-4H3,(H,41,44)(H,42,45)(H,43,51)(H,52,53)/t25-,26-,33-,34-/m0/s1. The Kier molecular flexibility index (Phi) is 12.0. The summed E-state index contributed by atoms with van der Waals surface area (Å²) in [6, 6.07) is 14.5. The van der Waals surface area contributed by atoms with Gasteiger partial charge in [-0.1, -0.05) is 62.4 Å². The number of hydrogen-bond acceptors (Lipinski definition) is 7. The minimum absolute atomic E-state index is 0.164. The van der Waals surface area contributed by atoms with E-state index >= 15 is 0 Å². The summed E-state index contributed by atoms with van der Waals surface area (Å²) in [5, 5.41) is 12.3. The Morgan fingerprint density at radius 3 is 2.07 bits per heavy atom. The molecule has 4 atom stereocenters. The highest BCUT2D eigenvalue weighted by atomic mass is 16.5. The van der Waals surface area contributed by atoms with Crippen molar-refractivity contribution in [3.05, 3.63) is 72.6 Å². The molecule has 4 heterocycles. The number of benzene rings is 2. The smallest absolute Gasteiger partial charge is 0.407 e. The Morgan fingerprint density at radius 2 is 1.46 bits per heavy atom. The first-order valence-electron chi connectivity index (χ1n) is 18.9. The molecule has 2 aliphatic rings. The predicted octanol–water partition coefficient (Wildman–Crippen LogP) is 6.76. The highest BCUT2D eigenvalue weighted by Crippen LogP contribution is 2.35. The van der Waals surface area contributed by atoms with Crippen LogP contribution in [0.2, 0.25) is 0 Å². The second-order valence-electron chi connectivity index (χ2n) is 14.0. The van der Waals surface area contributed by atoms with Crippen LogP contribution in [0, 0.1) is 0 Å². The van der Waals surface area contributed by atoms with E-state index in [2.05, 4.69) is 44.5 Å². The molecule has 2 aromatic carbocycles. The second-order valence-corrected chi connectivity index (χ2v) is 14.0. The van der Waals surface area contributed by atoms with Crippen LogP contribution in [0.5, 0.6) is 0 Å². The van der Waals surface area contributed by atoms with E-state index in [1.54, 1.807) is 29.8 Å². The van der Waals surface area contributed by atoms with Crippen LogP contribution in [-0.4, -0.2) is 102 Å². The first kappa shape index (κ1) is 38.1. The highest BCUT2D eigenvalue weighted by Gasteiger charge is 2.37. The van der Waals surface area contributed by atoms with Crippen molar-refractivity contribution in [2.45, 2.75) is 90.4 Å². The van der Waals surface area contributed by atoms with E-state index in [0.717, 1.165) is 65.1 Å². The van der Waals surface area contributed by atoms with Gasteiger partial charge in [-0.05, 0) is 69.1 Å². The number of carbonyl (C=O) groups excluding carboxylic acids is 3. The molecule has 2 fully saturated rings. The molecule has 0 radical (unpaired) electrons. The van der Waals surface area contributed by atoms with E-state index < -0.39 is 24.3 Å². The van der Waals surface area contributed by atoms with Crippen molar-refractivity contribution in [3.63, 3.8) is 0 Å². The summed E-state index contributed by atoms with van der Waals surface area (Å²) in [7, 11) is 0. The number of H-pyrrole nitrogens is 2. The second kappa shape index (κ2) is 17.0. The van der Waals surface area contributed by atoms with Crippen LogP contribution in [0.15, 0.2) is 60.9 Å². The molecule has 4 N–H and O–H groups in total. The van der Waals surface area contributed by atoms with Gasteiger partial charge in [0.25, 0.3) is 0 Å². The molecule has 4 aromatic rings. The van der Waals surface area contributed by atoms with Crippen molar-refractivity contribution < 1.29 is 29.0 Å². The summed E-state index contributed by atoms with van der Waals surface area (Å²) in [6.45, 7) is 8.91. The molecule has 0 saturated carbocycles. The summed E-state index contributed by atoms with van der Waals surface area (Å²) in [4.78, 5) is 71.4. The van der Waals surface area contributed by atoms with E-state index in [1.807, 2.05) is 44.3 Å². The number of rotatable bonds is 13. The van der Waals surface area contributed by atoms with Gasteiger partial charge < -0.3 is 34.9 Å². The molecular weight excluding hydrogens is 688 g/mol. The largest absolute Gasteiger partial charge is 0.465 e. The topological polar surface area (TPSA) is 177 Å². The van der Waals surface area contributed by atoms with Gasteiger partial charge in [-0.15, -0.1) is 0 Å². The van der Waals surface area contributed by atoms with E-state index in [9.17, 15) is 24.3 Å². The number of nitrogens with zero attached hydrogens (tertiary/aromatic N) is 5. The lowest BCUT2D eigenvalue weighted by atomic mass is 10.0. The van der Waals surface area contributed by atoms with Gasteiger partial charge in [-0.2, -0.15) is 0 Å². The summed E-state index contributed by atoms with van der Waals surface area (Å²) in [5.74, 6) is 1.05. The zero-order valence-electron chi connectivity index (χ0n) is 31.4. The number of ether oxygens (including phenoxy) is 1. The molecule has 2 aliphatic heterocycles. The number of carboxylic acid groups (broad SMARTS) is 1. The molecule has 2 aromatic heterocycles. The fourth-order valence-corrected chi connectivity index (χ4v) is 7.41. The lowest BCUT2D eigenvalue weighted by Crippen LogP contribution is -2.49. The predicted molar refractivity (Wildman–Crippen MR) is 203 cm³/mol. The van der Waals surface area contributed by atoms with E-state index in [-0.39, 0.29) is 23.9 Å². The molecule has 286 valence electrons. The zero-order chi connectivity index (χ0) is 38.4. The third kappa shape index (κ3) is 8.27. The number of imidazole rings is 2. The van der Waals surface area contributed by atoms with Gasteiger partial charge in [0.1, 0.15) is 23.7 Å². The molecule has 0 bridgehead atoms. The minimum atomic E-state index is -1.09. The number of aromatic amines is 2. The van der Waals surface area contributed by atoms with E-state index in [4.69, 9.17) is 9.72 Å². The highest BCUT2D eigenvalue weighted by molar-refractivity contribution is 5.86. The number of nitrogens with one attached hydrogen (secondary N) is 3. The lowest BCUT2D eigenvalue weighted by molar-refractivity contribution is -0.137. The SMILES string of the molecule is CCCOC(=O)N[C@@H](C)C(=O)N1CCC[C@H]1c1ncc(-c2ccc(-c3ccc(-c4c[nH]c([C@@H]5CCCN5C(=O)[C@H](C)N(CCC)C(=O)O)n4)cc3)cc2)[nH]1. The van der Waals surface area contributed by atoms with Gasteiger partial charge in [-0.25, -0.2) is 19.6 Å². The van der Waals surface area contributed by atoms with Crippen LogP contribution in [0.4, 0.5) is 9.59 Å². The molecule has 54 heavy (non-hydrogen) atoms. The van der Waals surface area contributed by atoms with E-state index in [1.165, 1.54) is 4.90 Å². The van der Waals surface area contributed by atoms with Crippen LogP contribution in [-0.2, 0) is 14.3 Å². The van der Waals surface area contributed by atoms with Crippen molar-refractivity contribution in [1.29, 1.82) is 0 Å². The maximum absolute atomic E-state index is 13.4. The maximum atomic E-state index is 13.4. The Hall–Kier alpha value is -5.66. The van der Waals surface area contributed by atoms with Crippen LogP contribution in [0.3, 0.4) is 0 Å². The molecule has 0 aliphatic carbocycles. The van der Waals surface area contributed by atoms with Crippen molar-refractivity contribution in [2.24, 2.45) is 0 Å². The summed E-state index contributed by atoms with van der Waals surface area (Å²) in [5.41, 5.74) is 5.63. The van der Waals surface area contributed by atoms with Gasteiger partial charge >= 0.3 is 12.2 Å². The number of hydrogen-bond donors (Lipinski definition) is 4. The normalized spacial score (nSPS) is 18.0. The first-order chi connectivity index (χ1) is 26.1. The van der Waals surface area contributed by atoms with Gasteiger partial charge in [0.2, 0.25) is 11.8 Å². The number of amides is 4. The number of likely N-dealkylation sites (tertiary alicyclic amines) is 2. The third-order valence-corrected chi connectivity index (χ3v) is 10.3. The molecular formula is C40H50N8O6. The van der Waals surface area contributed by atoms with Gasteiger partial charge in [0, 0.05) is 31.4 Å². The Morgan fingerprint density at radius 1 is 0.870 bits per heavy atom. The quantitative estimate of drug-likeness (QED) is 0.116. The Bertz CT molecular complexity index is 1920.